The molecule has 7 nitrogen and oxygen atoms in total. The molecule has 1 aliphatic rings. The number of nitrogens with one attached hydrogen (secondary N) is 1. The summed E-state index contributed by atoms with van der Waals surface area (Å²) >= 11 is 0. The number of rotatable bonds is 5. The normalized spacial score (nSPS) is 14.1. The van der Waals surface area contributed by atoms with E-state index in [1.165, 1.54) is 0 Å². The molecule has 2 aromatic rings. The molecule has 0 atom stereocenters. The van der Waals surface area contributed by atoms with Gasteiger partial charge < -0.3 is 24.4 Å². The molecule has 1 amide bonds. The first kappa shape index (κ1) is 17.0. The second-order valence-corrected chi connectivity index (χ2v) is 5.56. The van der Waals surface area contributed by atoms with E-state index in [1.807, 2.05) is 6.07 Å². The lowest BCUT2D eigenvalue weighted by atomic mass is 10.2. The molecule has 1 N–H and O–H groups in total. The van der Waals surface area contributed by atoms with Crippen molar-refractivity contribution >= 4 is 17.4 Å². The number of methoxy groups -OCH3 is 2. The first-order valence-corrected chi connectivity index (χ1v) is 8.03. The standard InChI is InChI=1S/C18H21N3O4/c1-23-15-9-13(10-16(11-15)24-2)18(22)20-17-4-3-14(12-19-17)21-5-7-25-8-6-21/h3-4,9-12H,5-8H2,1-2H3,(H,19,20,22). The first-order valence-electron chi connectivity index (χ1n) is 8.03. The van der Waals surface area contributed by atoms with Gasteiger partial charge in [-0.15, -0.1) is 0 Å². The SMILES string of the molecule is COc1cc(OC)cc(C(=O)Nc2ccc(N3CCOCC3)cn2)c1. The van der Waals surface area contributed by atoms with Crippen LogP contribution in [-0.2, 0) is 4.74 Å². The number of hydrogen-bond donors (Lipinski definition) is 1. The van der Waals surface area contributed by atoms with Crippen molar-refractivity contribution in [2.45, 2.75) is 0 Å². The lowest BCUT2D eigenvalue weighted by Gasteiger charge is -2.28. The van der Waals surface area contributed by atoms with Gasteiger partial charge in [0.15, 0.2) is 0 Å². The molecule has 0 bridgehead atoms. The van der Waals surface area contributed by atoms with Crippen LogP contribution in [0.1, 0.15) is 10.4 Å². The molecular weight excluding hydrogens is 322 g/mol. The highest BCUT2D eigenvalue weighted by atomic mass is 16.5. The van der Waals surface area contributed by atoms with Gasteiger partial charge in [-0.05, 0) is 24.3 Å². The summed E-state index contributed by atoms with van der Waals surface area (Å²) in [6.45, 7) is 3.13. The third-order valence-corrected chi connectivity index (χ3v) is 3.98. The number of nitrogens with zero attached hydrogens (tertiary/aromatic N) is 2. The van der Waals surface area contributed by atoms with Gasteiger partial charge in [-0.25, -0.2) is 4.98 Å². The van der Waals surface area contributed by atoms with E-state index >= 15 is 0 Å². The predicted octanol–water partition coefficient (Wildman–Crippen LogP) is 2.19. The highest BCUT2D eigenvalue weighted by Gasteiger charge is 2.13. The van der Waals surface area contributed by atoms with Gasteiger partial charge in [0.25, 0.3) is 5.91 Å². The predicted molar refractivity (Wildman–Crippen MR) is 94.8 cm³/mol. The summed E-state index contributed by atoms with van der Waals surface area (Å²) in [5.41, 5.74) is 1.46. The Hall–Kier alpha value is -2.80. The molecule has 1 fully saturated rings. The Morgan fingerprint density at radius 3 is 2.36 bits per heavy atom. The molecule has 0 radical (unpaired) electrons. The smallest absolute Gasteiger partial charge is 0.257 e. The molecule has 1 aliphatic heterocycles. The van der Waals surface area contributed by atoms with Crippen molar-refractivity contribution < 1.29 is 19.0 Å². The van der Waals surface area contributed by atoms with E-state index in [0.717, 1.165) is 32.0 Å². The fraction of sp³-hybridized carbons (Fsp3) is 0.333. The number of aromatic nitrogens is 1. The Balaban J connectivity index is 1.70. The van der Waals surface area contributed by atoms with Gasteiger partial charge in [0.1, 0.15) is 17.3 Å². The van der Waals surface area contributed by atoms with Gasteiger partial charge in [0.05, 0.1) is 39.3 Å². The van der Waals surface area contributed by atoms with Crippen LogP contribution in [0.3, 0.4) is 0 Å². The van der Waals surface area contributed by atoms with E-state index in [1.54, 1.807) is 44.7 Å². The molecule has 1 aromatic heterocycles. The maximum atomic E-state index is 12.4. The van der Waals surface area contributed by atoms with Crippen LogP contribution in [0.25, 0.3) is 0 Å². The summed E-state index contributed by atoms with van der Waals surface area (Å²) in [6, 6.07) is 8.76. The molecule has 2 heterocycles. The molecule has 0 aliphatic carbocycles. The van der Waals surface area contributed by atoms with Gasteiger partial charge in [0, 0.05) is 24.7 Å². The molecule has 0 saturated carbocycles. The topological polar surface area (TPSA) is 72.9 Å². The Bertz CT molecular complexity index is 705. The van der Waals surface area contributed by atoms with E-state index in [9.17, 15) is 4.79 Å². The summed E-state index contributed by atoms with van der Waals surface area (Å²) in [7, 11) is 3.09. The van der Waals surface area contributed by atoms with Crippen molar-refractivity contribution in [2.75, 3.05) is 50.7 Å². The Kier molecular flexibility index (Phi) is 5.35. The number of carbonyl (C=O) groups is 1. The number of morpholine rings is 1. The monoisotopic (exact) mass is 343 g/mol. The van der Waals surface area contributed by atoms with Crippen molar-refractivity contribution in [3.63, 3.8) is 0 Å². The zero-order valence-electron chi connectivity index (χ0n) is 14.3. The van der Waals surface area contributed by atoms with Crippen molar-refractivity contribution in [1.82, 2.24) is 4.98 Å². The zero-order valence-corrected chi connectivity index (χ0v) is 14.3. The molecule has 0 unspecified atom stereocenters. The van der Waals surface area contributed by atoms with Crippen LogP contribution in [-0.4, -0.2) is 51.4 Å². The third kappa shape index (κ3) is 4.19. The third-order valence-electron chi connectivity index (χ3n) is 3.98. The Morgan fingerprint density at radius 2 is 1.80 bits per heavy atom. The summed E-state index contributed by atoms with van der Waals surface area (Å²) in [4.78, 5) is 19.0. The molecule has 1 aromatic carbocycles. The van der Waals surface area contributed by atoms with Crippen LogP contribution in [0, 0.1) is 0 Å². The van der Waals surface area contributed by atoms with E-state index < -0.39 is 0 Å². The molecule has 25 heavy (non-hydrogen) atoms. The number of ether oxygens (including phenoxy) is 3. The number of anilines is 2. The molecule has 7 heteroatoms. The molecule has 3 rings (SSSR count). The summed E-state index contributed by atoms with van der Waals surface area (Å²) in [6.07, 6.45) is 1.76. The van der Waals surface area contributed by atoms with Gasteiger partial charge in [0.2, 0.25) is 0 Å². The van der Waals surface area contributed by atoms with Crippen LogP contribution in [0.5, 0.6) is 11.5 Å². The van der Waals surface area contributed by atoms with E-state index in [4.69, 9.17) is 14.2 Å². The molecule has 0 spiro atoms. The van der Waals surface area contributed by atoms with Gasteiger partial charge in [-0.2, -0.15) is 0 Å². The van der Waals surface area contributed by atoms with E-state index in [0.29, 0.717) is 22.9 Å². The average molecular weight is 343 g/mol. The lowest BCUT2D eigenvalue weighted by Crippen LogP contribution is -2.36. The summed E-state index contributed by atoms with van der Waals surface area (Å²) in [5, 5.41) is 2.79. The fourth-order valence-corrected chi connectivity index (χ4v) is 2.60. The maximum Gasteiger partial charge on any atom is 0.257 e. The number of amides is 1. The minimum absolute atomic E-state index is 0.274. The van der Waals surface area contributed by atoms with Gasteiger partial charge in [-0.3, -0.25) is 4.79 Å². The van der Waals surface area contributed by atoms with Crippen molar-refractivity contribution in [1.29, 1.82) is 0 Å². The number of benzene rings is 1. The molecular formula is C18H21N3O4. The Labute approximate surface area is 146 Å². The quantitative estimate of drug-likeness (QED) is 0.897. The molecule has 132 valence electrons. The number of carbonyl (C=O) groups excluding carboxylic acids is 1. The summed E-state index contributed by atoms with van der Waals surface area (Å²) < 4.78 is 15.7. The first-order chi connectivity index (χ1) is 12.2. The van der Waals surface area contributed by atoms with Gasteiger partial charge in [-0.1, -0.05) is 0 Å². The van der Waals surface area contributed by atoms with Crippen LogP contribution < -0.4 is 19.7 Å². The van der Waals surface area contributed by atoms with Gasteiger partial charge >= 0.3 is 0 Å². The van der Waals surface area contributed by atoms with Crippen molar-refractivity contribution in [3.8, 4) is 11.5 Å². The average Bonchev–Trinajstić information content (AvgIpc) is 2.68. The highest BCUT2D eigenvalue weighted by molar-refractivity contribution is 6.04. The largest absolute Gasteiger partial charge is 0.497 e. The zero-order chi connectivity index (χ0) is 17.6. The second kappa shape index (κ2) is 7.85. The lowest BCUT2D eigenvalue weighted by molar-refractivity contribution is 0.102. The van der Waals surface area contributed by atoms with Crippen LogP contribution in [0.15, 0.2) is 36.5 Å². The molecule has 1 saturated heterocycles. The van der Waals surface area contributed by atoms with E-state index in [-0.39, 0.29) is 5.91 Å². The van der Waals surface area contributed by atoms with Crippen molar-refractivity contribution in [3.05, 3.63) is 42.1 Å². The fourth-order valence-electron chi connectivity index (χ4n) is 2.60. The van der Waals surface area contributed by atoms with Crippen molar-refractivity contribution in [2.24, 2.45) is 0 Å². The second-order valence-electron chi connectivity index (χ2n) is 5.56. The minimum Gasteiger partial charge on any atom is -0.497 e. The number of pyridine rings is 1. The minimum atomic E-state index is -0.274. The van der Waals surface area contributed by atoms with E-state index in [2.05, 4.69) is 15.2 Å². The van der Waals surface area contributed by atoms with Crippen LogP contribution >= 0.6 is 0 Å². The highest BCUT2D eigenvalue weighted by Crippen LogP contribution is 2.23. The Morgan fingerprint density at radius 1 is 1.12 bits per heavy atom. The van der Waals surface area contributed by atoms with Crippen LogP contribution in [0.4, 0.5) is 11.5 Å². The summed E-state index contributed by atoms with van der Waals surface area (Å²) in [5.74, 6) is 1.33. The van der Waals surface area contributed by atoms with Crippen LogP contribution in [0.2, 0.25) is 0 Å². The number of hydrogen-bond acceptors (Lipinski definition) is 6. The maximum absolute atomic E-state index is 12.4.